The third kappa shape index (κ3) is 7.73. The van der Waals surface area contributed by atoms with Crippen LogP contribution in [0.3, 0.4) is 0 Å². The highest BCUT2D eigenvalue weighted by Crippen LogP contribution is 2.66. The van der Waals surface area contributed by atoms with Crippen molar-refractivity contribution in [2.45, 2.75) is 102 Å². The molecule has 4 bridgehead atoms. The third-order valence-electron chi connectivity index (χ3n) is 15.5. The molecule has 12 rings (SSSR count). The zero-order valence-corrected chi connectivity index (χ0v) is 39.2. The molecule has 0 aliphatic heterocycles. The molecule has 4 aliphatic carbocycles. The van der Waals surface area contributed by atoms with Gasteiger partial charge in [-0.3, -0.25) is 0 Å². The average Bonchev–Trinajstić information content (AvgIpc) is 3.33. The predicted octanol–water partition coefficient (Wildman–Crippen LogP) is 15.6. The Hall–Kier alpha value is -6.70. The summed E-state index contributed by atoms with van der Waals surface area (Å²) in [6.07, 6.45) is 7.82. The van der Waals surface area contributed by atoms with Gasteiger partial charge < -0.3 is 0 Å². The Morgan fingerprint density at radius 1 is 0.439 bits per heavy atom. The van der Waals surface area contributed by atoms with Crippen molar-refractivity contribution in [2.24, 2.45) is 11.8 Å². The highest BCUT2D eigenvalue weighted by molar-refractivity contribution is 5.90. The van der Waals surface area contributed by atoms with Crippen molar-refractivity contribution in [3.8, 4) is 62.5 Å². The maximum Gasteiger partial charge on any atom is 0.164 e. The van der Waals surface area contributed by atoms with Gasteiger partial charge in [0.1, 0.15) is 0 Å². The number of nitrogens with zero attached hydrogens (tertiary/aromatic N) is 4. The topological polar surface area (TPSA) is 62.5 Å². The number of fused-ring (bicyclic) bond motifs is 1. The highest BCUT2D eigenvalue weighted by atomic mass is 15.0. The van der Waals surface area contributed by atoms with Crippen LogP contribution >= 0.6 is 0 Å². The molecule has 0 N–H and O–H groups in total. The van der Waals surface area contributed by atoms with Crippen LogP contribution in [0, 0.1) is 23.2 Å². The van der Waals surface area contributed by atoms with Crippen molar-refractivity contribution >= 4 is 10.8 Å². The molecule has 2 atom stereocenters. The Morgan fingerprint density at radius 2 is 0.833 bits per heavy atom. The Morgan fingerprint density at radius 3 is 1.29 bits per heavy atom. The SMILES string of the molecule is CC(C)(C)c1ccc(-c2nc(-c3ccc(C(C)(C)C)cc3)nc(-c3ccc4cc(-c5ccc(C67CC8CC(CC(c9ccc(-c%10cccc(C#N)c%10)cc9)(C8)C6)C7)cc5)ccc4c3)n2)cc1. The fourth-order valence-electron chi connectivity index (χ4n) is 12.3. The number of hydrogen-bond acceptors (Lipinski definition) is 4. The highest BCUT2D eigenvalue weighted by Gasteiger charge is 2.58. The summed E-state index contributed by atoms with van der Waals surface area (Å²) in [6, 6.07) is 60.1. The minimum atomic E-state index is 0.0560. The standard InChI is InChI=1S/C62H58N4/c1-59(2,3)52-22-18-45(19-23-52)56-64-57(46-20-24-53(25-21-46)60(4,5)6)66-58(65-56)51-13-12-49-32-48(10-11-50(49)33-51)44-16-28-55(29-17-44)62-36-41-30-42(37-62)35-61(34-41,39-62)54-26-14-43(15-27-54)47-9-7-8-40(31-47)38-63/h7-29,31-33,41-42H,30,34-37,39H2,1-6H3. The first kappa shape index (κ1) is 42.0. The van der Waals surface area contributed by atoms with E-state index in [0.717, 1.165) is 39.5 Å². The molecule has 0 spiro atoms. The molecule has 2 unspecified atom stereocenters. The first-order valence-corrected chi connectivity index (χ1v) is 24.0. The van der Waals surface area contributed by atoms with Crippen LogP contribution in [0.1, 0.15) is 108 Å². The van der Waals surface area contributed by atoms with Gasteiger partial charge in [-0.2, -0.15) is 5.26 Å². The summed E-state index contributed by atoms with van der Waals surface area (Å²) in [5.74, 6) is 3.57. The first-order valence-electron chi connectivity index (χ1n) is 24.0. The molecule has 4 saturated carbocycles. The zero-order valence-electron chi connectivity index (χ0n) is 39.2. The van der Waals surface area contributed by atoms with Gasteiger partial charge in [0.2, 0.25) is 0 Å². The van der Waals surface area contributed by atoms with Crippen molar-refractivity contribution in [1.29, 1.82) is 5.26 Å². The summed E-state index contributed by atoms with van der Waals surface area (Å²) in [7, 11) is 0. The van der Waals surface area contributed by atoms with Gasteiger partial charge in [-0.05, 0) is 152 Å². The zero-order chi connectivity index (χ0) is 45.4. The van der Waals surface area contributed by atoms with Crippen LogP contribution in [0.15, 0.2) is 158 Å². The van der Waals surface area contributed by atoms with E-state index in [9.17, 15) is 5.26 Å². The maximum atomic E-state index is 9.47. The lowest BCUT2D eigenvalue weighted by Crippen LogP contribution is -2.55. The Kier molecular flexibility index (Phi) is 10.0. The molecular weight excluding hydrogens is 801 g/mol. The summed E-state index contributed by atoms with van der Waals surface area (Å²) in [6.45, 7) is 13.4. The molecule has 4 heteroatoms. The van der Waals surface area contributed by atoms with Gasteiger partial charge in [-0.1, -0.05) is 175 Å². The van der Waals surface area contributed by atoms with E-state index < -0.39 is 0 Å². The van der Waals surface area contributed by atoms with Crippen LogP contribution in [0.25, 0.3) is 67.2 Å². The Balaban J connectivity index is 0.869. The fourth-order valence-corrected chi connectivity index (χ4v) is 12.3. The van der Waals surface area contributed by atoms with Crippen LogP contribution in [0.4, 0.5) is 0 Å². The van der Waals surface area contributed by atoms with Gasteiger partial charge in [-0.15, -0.1) is 0 Å². The van der Waals surface area contributed by atoms with Gasteiger partial charge in [0.25, 0.3) is 0 Å². The molecule has 4 fully saturated rings. The van der Waals surface area contributed by atoms with E-state index in [1.807, 2.05) is 18.2 Å². The number of hydrogen-bond donors (Lipinski definition) is 0. The Labute approximate surface area is 390 Å². The van der Waals surface area contributed by atoms with E-state index >= 15 is 0 Å². The largest absolute Gasteiger partial charge is 0.208 e. The van der Waals surface area contributed by atoms with Crippen molar-refractivity contribution in [2.75, 3.05) is 0 Å². The molecule has 0 radical (unpaired) electrons. The van der Waals surface area contributed by atoms with Crippen molar-refractivity contribution in [3.05, 3.63) is 186 Å². The molecular formula is C62H58N4. The van der Waals surface area contributed by atoms with Crippen LogP contribution in [0.2, 0.25) is 0 Å². The molecule has 4 nitrogen and oxygen atoms in total. The minimum Gasteiger partial charge on any atom is -0.208 e. The third-order valence-corrected chi connectivity index (χ3v) is 15.5. The normalized spacial score (nSPS) is 21.2. The van der Waals surface area contributed by atoms with Gasteiger partial charge in [-0.25, -0.2) is 15.0 Å². The summed E-state index contributed by atoms with van der Waals surface area (Å²) < 4.78 is 0. The van der Waals surface area contributed by atoms with Crippen LogP contribution in [-0.2, 0) is 21.7 Å². The molecule has 0 amide bonds. The van der Waals surface area contributed by atoms with E-state index in [4.69, 9.17) is 15.0 Å². The molecule has 66 heavy (non-hydrogen) atoms. The average molecular weight is 859 g/mol. The number of rotatable bonds is 7. The van der Waals surface area contributed by atoms with E-state index in [0.29, 0.717) is 23.0 Å². The van der Waals surface area contributed by atoms with Gasteiger partial charge in [0.05, 0.1) is 11.6 Å². The van der Waals surface area contributed by atoms with E-state index in [1.54, 1.807) is 0 Å². The lowest BCUT2D eigenvalue weighted by Gasteiger charge is -2.63. The van der Waals surface area contributed by atoms with Gasteiger partial charge >= 0.3 is 0 Å². The number of aromatic nitrogens is 3. The summed E-state index contributed by atoms with van der Waals surface area (Å²) in [5.41, 5.74) is 14.5. The second-order valence-electron chi connectivity index (χ2n) is 22.1. The lowest BCUT2D eigenvalue weighted by molar-refractivity contribution is -0.0281. The van der Waals surface area contributed by atoms with Crippen LogP contribution < -0.4 is 0 Å². The Bertz CT molecular complexity index is 3070. The molecule has 326 valence electrons. The van der Waals surface area contributed by atoms with Crippen LogP contribution in [-0.4, -0.2) is 15.0 Å². The molecule has 1 aromatic heterocycles. The van der Waals surface area contributed by atoms with Crippen molar-refractivity contribution in [3.63, 3.8) is 0 Å². The summed E-state index contributed by atoms with van der Waals surface area (Å²) >= 11 is 0. The summed E-state index contributed by atoms with van der Waals surface area (Å²) in [4.78, 5) is 15.3. The van der Waals surface area contributed by atoms with E-state index in [-0.39, 0.29) is 21.7 Å². The number of nitriles is 1. The number of benzene rings is 7. The van der Waals surface area contributed by atoms with E-state index in [1.165, 1.54) is 82.9 Å². The van der Waals surface area contributed by atoms with Crippen molar-refractivity contribution in [1.82, 2.24) is 15.0 Å². The molecule has 0 saturated heterocycles. The minimum absolute atomic E-state index is 0.0560. The first-order chi connectivity index (χ1) is 31.7. The van der Waals surface area contributed by atoms with Crippen LogP contribution in [0.5, 0.6) is 0 Å². The second-order valence-corrected chi connectivity index (χ2v) is 22.1. The maximum absolute atomic E-state index is 9.47. The second kappa shape index (κ2) is 15.7. The van der Waals surface area contributed by atoms with Crippen molar-refractivity contribution < 1.29 is 0 Å². The van der Waals surface area contributed by atoms with E-state index in [2.05, 4.69) is 187 Å². The molecule has 1 heterocycles. The lowest BCUT2D eigenvalue weighted by atomic mass is 9.41. The quantitative estimate of drug-likeness (QED) is 0.160. The molecule has 4 aliphatic rings. The smallest absolute Gasteiger partial charge is 0.164 e. The van der Waals surface area contributed by atoms with Gasteiger partial charge in [0.15, 0.2) is 17.5 Å². The predicted molar refractivity (Wildman–Crippen MR) is 271 cm³/mol. The summed E-state index contributed by atoms with van der Waals surface area (Å²) in [5, 5.41) is 11.8. The fraction of sp³-hybridized carbons (Fsp3) is 0.290. The monoisotopic (exact) mass is 858 g/mol. The molecule has 7 aromatic carbocycles. The van der Waals surface area contributed by atoms with Gasteiger partial charge in [0, 0.05) is 16.7 Å². The molecule has 8 aromatic rings.